The van der Waals surface area contributed by atoms with Crippen molar-refractivity contribution in [1.29, 1.82) is 0 Å². The maximum Gasteiger partial charge on any atom is 0.220 e. The molecular weight excluding hydrogens is 214 g/mol. The van der Waals surface area contributed by atoms with Crippen molar-refractivity contribution in [3.8, 4) is 0 Å². The summed E-state index contributed by atoms with van der Waals surface area (Å²) < 4.78 is 5.37. The molecule has 0 radical (unpaired) electrons. The Bertz CT molecular complexity index is 344. The number of nitrogens with one attached hydrogen (secondary N) is 1. The Morgan fingerprint density at radius 3 is 2.88 bits per heavy atom. The van der Waals surface area contributed by atoms with E-state index >= 15 is 0 Å². The summed E-state index contributed by atoms with van der Waals surface area (Å²) in [6, 6.07) is 9.98. The fraction of sp³-hybridized carbons (Fsp3) is 0.500. The second-order valence-electron chi connectivity index (χ2n) is 4.55. The van der Waals surface area contributed by atoms with Crippen LogP contribution in [-0.2, 0) is 16.1 Å². The van der Waals surface area contributed by atoms with Gasteiger partial charge in [0.15, 0.2) is 0 Å². The fourth-order valence-electron chi connectivity index (χ4n) is 2.10. The van der Waals surface area contributed by atoms with Crippen LogP contribution < -0.4 is 5.32 Å². The summed E-state index contributed by atoms with van der Waals surface area (Å²) in [5, 5.41) is 2.95. The highest BCUT2D eigenvalue weighted by Crippen LogP contribution is 2.16. The Balaban J connectivity index is 1.70. The Labute approximate surface area is 102 Å². The van der Waals surface area contributed by atoms with E-state index in [1.165, 1.54) is 0 Å². The van der Waals surface area contributed by atoms with E-state index in [0.29, 0.717) is 18.9 Å². The summed E-state index contributed by atoms with van der Waals surface area (Å²) in [5.41, 5.74) is 1.14. The molecule has 1 aliphatic rings. The summed E-state index contributed by atoms with van der Waals surface area (Å²) in [6.45, 7) is 2.20. The van der Waals surface area contributed by atoms with Crippen LogP contribution in [0.4, 0.5) is 0 Å². The third kappa shape index (κ3) is 4.19. The molecule has 1 amide bonds. The molecule has 3 nitrogen and oxygen atoms in total. The molecule has 1 aliphatic heterocycles. The van der Waals surface area contributed by atoms with Crippen molar-refractivity contribution in [3.05, 3.63) is 35.9 Å². The quantitative estimate of drug-likeness (QED) is 0.865. The van der Waals surface area contributed by atoms with E-state index in [2.05, 4.69) is 5.32 Å². The predicted molar refractivity (Wildman–Crippen MR) is 66.4 cm³/mol. The van der Waals surface area contributed by atoms with Crippen molar-refractivity contribution in [1.82, 2.24) is 5.32 Å². The lowest BCUT2D eigenvalue weighted by atomic mass is 9.98. The van der Waals surface area contributed by atoms with Gasteiger partial charge in [-0.25, -0.2) is 0 Å². The summed E-state index contributed by atoms with van der Waals surface area (Å²) in [7, 11) is 0. The smallest absolute Gasteiger partial charge is 0.220 e. The van der Waals surface area contributed by atoms with Crippen molar-refractivity contribution < 1.29 is 9.53 Å². The zero-order valence-corrected chi connectivity index (χ0v) is 10.0. The normalized spacial score (nSPS) is 19.9. The van der Waals surface area contributed by atoms with Crippen LogP contribution in [0.1, 0.15) is 24.8 Å². The molecule has 0 aromatic heterocycles. The number of carbonyl (C=O) groups is 1. The van der Waals surface area contributed by atoms with E-state index in [-0.39, 0.29) is 5.91 Å². The highest BCUT2D eigenvalue weighted by atomic mass is 16.5. The second kappa shape index (κ2) is 6.40. The molecule has 3 heteroatoms. The fourth-order valence-corrected chi connectivity index (χ4v) is 2.10. The van der Waals surface area contributed by atoms with Crippen LogP contribution in [0, 0.1) is 5.92 Å². The molecule has 17 heavy (non-hydrogen) atoms. The van der Waals surface area contributed by atoms with Crippen molar-refractivity contribution >= 4 is 5.91 Å². The highest BCUT2D eigenvalue weighted by molar-refractivity contribution is 5.76. The monoisotopic (exact) mass is 233 g/mol. The van der Waals surface area contributed by atoms with Gasteiger partial charge < -0.3 is 10.1 Å². The molecule has 1 unspecified atom stereocenters. The summed E-state index contributed by atoms with van der Waals surface area (Å²) in [6.07, 6.45) is 2.78. The van der Waals surface area contributed by atoms with Gasteiger partial charge in [0, 0.05) is 26.2 Å². The molecule has 92 valence electrons. The molecule has 1 aromatic rings. The number of hydrogen-bond donors (Lipinski definition) is 1. The van der Waals surface area contributed by atoms with Crippen LogP contribution in [0.2, 0.25) is 0 Å². The van der Waals surface area contributed by atoms with Crippen molar-refractivity contribution in [3.63, 3.8) is 0 Å². The molecule has 1 heterocycles. The molecule has 0 bridgehead atoms. The topological polar surface area (TPSA) is 38.3 Å². The van der Waals surface area contributed by atoms with Crippen molar-refractivity contribution in [2.45, 2.75) is 25.8 Å². The Kier molecular flexibility index (Phi) is 4.56. The van der Waals surface area contributed by atoms with Gasteiger partial charge in [0.1, 0.15) is 0 Å². The SMILES string of the molecule is O=C(CC1CCCOC1)NCc1ccccc1. The summed E-state index contributed by atoms with van der Waals surface area (Å²) in [4.78, 5) is 11.7. The largest absolute Gasteiger partial charge is 0.381 e. The van der Waals surface area contributed by atoms with Crippen LogP contribution in [0.25, 0.3) is 0 Å². The lowest BCUT2D eigenvalue weighted by molar-refractivity contribution is -0.123. The van der Waals surface area contributed by atoms with E-state index in [1.807, 2.05) is 30.3 Å². The maximum absolute atomic E-state index is 11.7. The minimum absolute atomic E-state index is 0.129. The molecule has 0 spiro atoms. The molecule has 1 atom stereocenters. The Morgan fingerprint density at radius 1 is 1.35 bits per heavy atom. The Morgan fingerprint density at radius 2 is 2.18 bits per heavy atom. The molecule has 1 aromatic carbocycles. The third-order valence-electron chi connectivity index (χ3n) is 3.06. The number of hydrogen-bond acceptors (Lipinski definition) is 2. The first-order chi connectivity index (χ1) is 8.34. The van der Waals surface area contributed by atoms with E-state index in [1.54, 1.807) is 0 Å². The predicted octanol–water partition coefficient (Wildman–Crippen LogP) is 2.12. The first kappa shape index (κ1) is 12.1. The Hall–Kier alpha value is -1.35. The van der Waals surface area contributed by atoms with Gasteiger partial charge in [-0.1, -0.05) is 30.3 Å². The van der Waals surface area contributed by atoms with Crippen LogP contribution in [0.5, 0.6) is 0 Å². The third-order valence-corrected chi connectivity index (χ3v) is 3.06. The average Bonchev–Trinajstić information content (AvgIpc) is 2.39. The maximum atomic E-state index is 11.7. The molecule has 1 N–H and O–H groups in total. The van der Waals surface area contributed by atoms with Gasteiger partial charge in [0.2, 0.25) is 5.91 Å². The van der Waals surface area contributed by atoms with E-state index in [0.717, 1.165) is 31.6 Å². The number of rotatable bonds is 4. The number of carbonyl (C=O) groups excluding carboxylic acids is 1. The number of amides is 1. The number of benzene rings is 1. The first-order valence-electron chi connectivity index (χ1n) is 6.23. The minimum atomic E-state index is 0.129. The van der Waals surface area contributed by atoms with Gasteiger partial charge in [-0.15, -0.1) is 0 Å². The van der Waals surface area contributed by atoms with Crippen LogP contribution >= 0.6 is 0 Å². The van der Waals surface area contributed by atoms with Crippen LogP contribution in [0.15, 0.2) is 30.3 Å². The van der Waals surface area contributed by atoms with Crippen LogP contribution in [-0.4, -0.2) is 19.1 Å². The molecule has 0 saturated carbocycles. The summed E-state index contributed by atoms with van der Waals surface area (Å²) in [5.74, 6) is 0.531. The van der Waals surface area contributed by atoms with E-state index < -0.39 is 0 Å². The zero-order chi connectivity index (χ0) is 11.9. The molecule has 1 saturated heterocycles. The average molecular weight is 233 g/mol. The minimum Gasteiger partial charge on any atom is -0.381 e. The standard InChI is InChI=1S/C14H19NO2/c16-14(9-13-7-4-8-17-11-13)15-10-12-5-2-1-3-6-12/h1-3,5-6,13H,4,7-11H2,(H,15,16). The van der Waals surface area contributed by atoms with E-state index in [9.17, 15) is 4.79 Å². The lowest BCUT2D eigenvalue weighted by Crippen LogP contribution is -2.28. The first-order valence-corrected chi connectivity index (χ1v) is 6.23. The lowest BCUT2D eigenvalue weighted by Gasteiger charge is -2.21. The zero-order valence-electron chi connectivity index (χ0n) is 10.0. The summed E-state index contributed by atoms with van der Waals surface area (Å²) >= 11 is 0. The van der Waals surface area contributed by atoms with Crippen molar-refractivity contribution in [2.75, 3.05) is 13.2 Å². The van der Waals surface area contributed by atoms with Gasteiger partial charge >= 0.3 is 0 Å². The van der Waals surface area contributed by atoms with E-state index in [4.69, 9.17) is 4.74 Å². The second-order valence-corrected chi connectivity index (χ2v) is 4.55. The molecular formula is C14H19NO2. The van der Waals surface area contributed by atoms with Crippen LogP contribution in [0.3, 0.4) is 0 Å². The highest BCUT2D eigenvalue weighted by Gasteiger charge is 2.17. The van der Waals surface area contributed by atoms with Gasteiger partial charge in [-0.2, -0.15) is 0 Å². The van der Waals surface area contributed by atoms with Gasteiger partial charge in [-0.05, 0) is 24.3 Å². The molecule has 0 aliphatic carbocycles. The molecule has 1 fully saturated rings. The number of ether oxygens (including phenoxy) is 1. The van der Waals surface area contributed by atoms with Gasteiger partial charge in [0.05, 0.1) is 0 Å². The molecule has 2 rings (SSSR count). The van der Waals surface area contributed by atoms with Crippen molar-refractivity contribution in [2.24, 2.45) is 5.92 Å². The van der Waals surface area contributed by atoms with Gasteiger partial charge in [-0.3, -0.25) is 4.79 Å². The van der Waals surface area contributed by atoms with Gasteiger partial charge in [0.25, 0.3) is 0 Å².